The second-order valence-electron chi connectivity index (χ2n) is 5.56. The maximum Gasteiger partial charge on any atom is 0.178 e. The molecule has 0 radical (unpaired) electrons. The largest absolute Gasteiger partial charge is 0.387 e. The summed E-state index contributed by atoms with van der Waals surface area (Å²) in [5.41, 5.74) is 1.80. The SMILES string of the molecule is CC(O)c1nn([C@@H](C)C2CCOCC2)c2nc(Cl)cnc12. The zero-order valence-corrected chi connectivity index (χ0v) is 12.9. The van der Waals surface area contributed by atoms with Crippen LogP contribution >= 0.6 is 11.6 Å². The van der Waals surface area contributed by atoms with Crippen LogP contribution in [0, 0.1) is 5.92 Å². The fourth-order valence-corrected chi connectivity index (χ4v) is 3.00. The van der Waals surface area contributed by atoms with Gasteiger partial charge in [-0.1, -0.05) is 11.6 Å². The fraction of sp³-hybridized carbons (Fsp3) is 0.643. The van der Waals surface area contributed by atoms with E-state index in [1.54, 1.807) is 6.92 Å². The zero-order valence-electron chi connectivity index (χ0n) is 12.2. The third-order valence-corrected chi connectivity index (χ3v) is 4.31. The van der Waals surface area contributed by atoms with E-state index in [2.05, 4.69) is 22.0 Å². The molecule has 1 saturated heterocycles. The number of halogens is 1. The molecule has 0 saturated carbocycles. The Bertz CT molecular complexity index is 637. The van der Waals surface area contributed by atoms with Crippen LogP contribution in [0.15, 0.2) is 6.20 Å². The molecule has 1 unspecified atom stereocenters. The minimum absolute atomic E-state index is 0.164. The summed E-state index contributed by atoms with van der Waals surface area (Å²) in [6, 6.07) is 0.164. The standard InChI is InChI=1S/C14H19ClN4O2/c1-8(10-3-5-21-6-4-10)19-14-13(12(18-19)9(2)20)16-7-11(15)17-14/h7-10,20H,3-6H2,1-2H3/t8-,9?/m0/s1. The van der Waals surface area contributed by atoms with Crippen LogP contribution in [0.25, 0.3) is 11.2 Å². The van der Waals surface area contributed by atoms with Crippen molar-refractivity contribution in [3.05, 3.63) is 17.0 Å². The Kier molecular flexibility index (Phi) is 4.10. The molecule has 6 nitrogen and oxygen atoms in total. The van der Waals surface area contributed by atoms with Crippen molar-refractivity contribution in [2.24, 2.45) is 5.92 Å². The van der Waals surface area contributed by atoms with E-state index in [9.17, 15) is 5.11 Å². The molecule has 7 heteroatoms. The van der Waals surface area contributed by atoms with E-state index in [0.29, 0.717) is 27.9 Å². The number of nitrogens with zero attached hydrogens (tertiary/aromatic N) is 4. The zero-order chi connectivity index (χ0) is 15.0. The van der Waals surface area contributed by atoms with Gasteiger partial charge < -0.3 is 9.84 Å². The van der Waals surface area contributed by atoms with E-state index < -0.39 is 6.10 Å². The van der Waals surface area contributed by atoms with Crippen molar-refractivity contribution in [3.8, 4) is 0 Å². The van der Waals surface area contributed by atoms with Crippen molar-refractivity contribution in [1.29, 1.82) is 0 Å². The minimum atomic E-state index is -0.689. The number of aliphatic hydroxyl groups excluding tert-OH is 1. The Balaban J connectivity index is 2.06. The van der Waals surface area contributed by atoms with Gasteiger partial charge in [0.1, 0.15) is 16.4 Å². The van der Waals surface area contributed by atoms with Crippen molar-refractivity contribution in [2.75, 3.05) is 13.2 Å². The lowest BCUT2D eigenvalue weighted by molar-refractivity contribution is 0.0499. The van der Waals surface area contributed by atoms with Gasteiger partial charge >= 0.3 is 0 Å². The molecule has 2 aromatic rings. The molecule has 2 aromatic heterocycles. The minimum Gasteiger partial charge on any atom is -0.387 e. The lowest BCUT2D eigenvalue weighted by Crippen LogP contribution is -2.25. The van der Waals surface area contributed by atoms with E-state index in [0.717, 1.165) is 26.1 Å². The first kappa shape index (κ1) is 14.7. The van der Waals surface area contributed by atoms with Gasteiger partial charge in [0.2, 0.25) is 0 Å². The van der Waals surface area contributed by atoms with E-state index in [-0.39, 0.29) is 6.04 Å². The summed E-state index contributed by atoms with van der Waals surface area (Å²) in [5, 5.41) is 14.8. The number of aliphatic hydroxyl groups is 1. The summed E-state index contributed by atoms with van der Waals surface area (Å²) in [6.45, 7) is 5.37. The van der Waals surface area contributed by atoms with Crippen LogP contribution < -0.4 is 0 Å². The van der Waals surface area contributed by atoms with Crippen molar-refractivity contribution in [1.82, 2.24) is 19.7 Å². The molecule has 1 fully saturated rings. The maximum atomic E-state index is 9.90. The molecule has 3 heterocycles. The predicted octanol–water partition coefficient (Wildman–Crippen LogP) is 2.52. The molecule has 114 valence electrons. The molecule has 2 atom stereocenters. The highest BCUT2D eigenvalue weighted by molar-refractivity contribution is 6.29. The summed E-state index contributed by atoms with van der Waals surface area (Å²) < 4.78 is 7.27. The first-order valence-corrected chi connectivity index (χ1v) is 7.62. The molecule has 21 heavy (non-hydrogen) atoms. The maximum absolute atomic E-state index is 9.90. The van der Waals surface area contributed by atoms with Crippen molar-refractivity contribution < 1.29 is 9.84 Å². The normalized spacial score (nSPS) is 19.8. The average Bonchev–Trinajstić information content (AvgIpc) is 2.86. The molecule has 0 spiro atoms. The Hall–Kier alpha value is -1.24. The summed E-state index contributed by atoms with van der Waals surface area (Å²) in [6.07, 6.45) is 2.80. The lowest BCUT2D eigenvalue weighted by Gasteiger charge is -2.28. The number of fused-ring (bicyclic) bond motifs is 1. The first-order chi connectivity index (χ1) is 10.1. The smallest absolute Gasteiger partial charge is 0.178 e. The number of aromatic nitrogens is 4. The third-order valence-electron chi connectivity index (χ3n) is 4.13. The molecule has 0 bridgehead atoms. The van der Waals surface area contributed by atoms with Crippen molar-refractivity contribution >= 4 is 22.8 Å². The molecular formula is C14H19ClN4O2. The highest BCUT2D eigenvalue weighted by Crippen LogP contribution is 2.31. The van der Waals surface area contributed by atoms with E-state index in [4.69, 9.17) is 16.3 Å². The van der Waals surface area contributed by atoms with Crippen molar-refractivity contribution in [2.45, 2.75) is 38.8 Å². The summed E-state index contributed by atoms with van der Waals surface area (Å²) in [5.74, 6) is 0.476. The molecule has 0 aromatic carbocycles. The fourth-order valence-electron chi connectivity index (χ4n) is 2.87. The van der Waals surface area contributed by atoms with Crippen LogP contribution in [-0.2, 0) is 4.74 Å². The topological polar surface area (TPSA) is 73.1 Å². The van der Waals surface area contributed by atoms with Gasteiger partial charge in [-0.3, -0.25) is 0 Å². The summed E-state index contributed by atoms with van der Waals surface area (Å²) in [4.78, 5) is 8.64. The van der Waals surface area contributed by atoms with Crippen molar-refractivity contribution in [3.63, 3.8) is 0 Å². The second-order valence-corrected chi connectivity index (χ2v) is 5.95. The Morgan fingerprint density at radius 3 is 2.76 bits per heavy atom. The quantitative estimate of drug-likeness (QED) is 0.943. The third kappa shape index (κ3) is 2.75. The number of rotatable bonds is 3. The Morgan fingerprint density at radius 2 is 2.10 bits per heavy atom. The predicted molar refractivity (Wildman–Crippen MR) is 79.2 cm³/mol. The molecule has 0 amide bonds. The molecule has 0 aliphatic carbocycles. The van der Waals surface area contributed by atoms with Gasteiger partial charge in [0, 0.05) is 13.2 Å². The molecular weight excluding hydrogens is 292 g/mol. The lowest BCUT2D eigenvalue weighted by atomic mass is 9.93. The highest BCUT2D eigenvalue weighted by atomic mass is 35.5. The van der Waals surface area contributed by atoms with Gasteiger partial charge in [-0.2, -0.15) is 5.10 Å². The van der Waals surface area contributed by atoms with Crippen LogP contribution in [0.2, 0.25) is 5.15 Å². The molecule has 1 aliphatic rings. The monoisotopic (exact) mass is 310 g/mol. The first-order valence-electron chi connectivity index (χ1n) is 7.24. The average molecular weight is 311 g/mol. The number of ether oxygens (including phenoxy) is 1. The summed E-state index contributed by atoms with van der Waals surface area (Å²) >= 11 is 5.97. The van der Waals surface area contributed by atoms with Gasteiger partial charge in [-0.25, -0.2) is 14.6 Å². The highest BCUT2D eigenvalue weighted by Gasteiger charge is 2.26. The molecule has 1 N–H and O–H groups in total. The number of hydrogen-bond donors (Lipinski definition) is 1. The Labute approximate surface area is 128 Å². The Morgan fingerprint density at radius 1 is 1.38 bits per heavy atom. The van der Waals surface area contributed by atoms with Crippen LogP contribution in [0.5, 0.6) is 0 Å². The molecule has 3 rings (SSSR count). The summed E-state index contributed by atoms with van der Waals surface area (Å²) in [7, 11) is 0. The van der Waals surface area contributed by atoms with Gasteiger partial charge in [-0.15, -0.1) is 0 Å². The van der Waals surface area contributed by atoms with Gasteiger partial charge in [-0.05, 0) is 32.6 Å². The van der Waals surface area contributed by atoms with E-state index in [1.807, 2.05) is 4.68 Å². The van der Waals surface area contributed by atoms with Gasteiger partial charge in [0.05, 0.1) is 18.3 Å². The van der Waals surface area contributed by atoms with Crippen LogP contribution in [0.4, 0.5) is 0 Å². The molecule has 1 aliphatic heterocycles. The van der Waals surface area contributed by atoms with E-state index >= 15 is 0 Å². The van der Waals surface area contributed by atoms with Crippen LogP contribution in [0.3, 0.4) is 0 Å². The van der Waals surface area contributed by atoms with E-state index in [1.165, 1.54) is 6.20 Å². The van der Waals surface area contributed by atoms with Crippen LogP contribution in [0.1, 0.15) is 44.5 Å². The van der Waals surface area contributed by atoms with Gasteiger partial charge in [0.25, 0.3) is 0 Å². The second kappa shape index (κ2) is 5.87. The van der Waals surface area contributed by atoms with Gasteiger partial charge in [0.15, 0.2) is 5.65 Å². The van der Waals surface area contributed by atoms with Crippen LogP contribution in [-0.4, -0.2) is 38.1 Å². The number of hydrogen-bond acceptors (Lipinski definition) is 5.